The second kappa shape index (κ2) is 2.15. The fourth-order valence-electron chi connectivity index (χ4n) is 2.32. The van der Waals surface area contributed by atoms with E-state index in [9.17, 15) is 0 Å². The van der Waals surface area contributed by atoms with Crippen molar-refractivity contribution in [3.8, 4) is 0 Å². The third kappa shape index (κ3) is 0.908. The highest BCUT2D eigenvalue weighted by atomic mass is 15.1. The summed E-state index contributed by atoms with van der Waals surface area (Å²) in [7, 11) is 0. The van der Waals surface area contributed by atoms with Crippen LogP contribution in [-0.2, 0) is 18.5 Å². The number of hydrogen-bond donors (Lipinski definition) is 1. The van der Waals surface area contributed by atoms with E-state index in [1.54, 1.807) is 0 Å². The minimum Gasteiger partial charge on any atom is -0.332 e. The molecule has 1 aromatic rings. The predicted octanol–water partition coefficient (Wildman–Crippen LogP) is 1.09. The first-order valence-corrected chi connectivity index (χ1v) is 5.06. The maximum atomic E-state index is 6.15. The van der Waals surface area contributed by atoms with Crippen molar-refractivity contribution in [1.82, 2.24) is 9.55 Å². The molecule has 1 saturated carbocycles. The molecule has 1 aliphatic heterocycles. The lowest BCUT2D eigenvalue weighted by molar-refractivity contribution is 0.676. The summed E-state index contributed by atoms with van der Waals surface area (Å²) in [6.45, 7) is 3.30. The van der Waals surface area contributed by atoms with E-state index in [-0.39, 0.29) is 5.54 Å². The van der Waals surface area contributed by atoms with Crippen LogP contribution in [-0.4, -0.2) is 9.55 Å². The monoisotopic (exact) mass is 177 g/mol. The maximum absolute atomic E-state index is 6.15. The van der Waals surface area contributed by atoms with Crippen molar-refractivity contribution < 1.29 is 0 Å². The number of rotatable bonds is 1. The summed E-state index contributed by atoms with van der Waals surface area (Å²) >= 11 is 0. The number of aryl methyl sites for hydroxylation is 1. The molecule has 1 aliphatic carbocycles. The summed E-state index contributed by atoms with van der Waals surface area (Å²) in [6, 6.07) is 0. The van der Waals surface area contributed by atoms with Gasteiger partial charge in [-0.05, 0) is 26.2 Å². The Morgan fingerprint density at radius 2 is 2.23 bits per heavy atom. The van der Waals surface area contributed by atoms with Gasteiger partial charge in [0, 0.05) is 18.7 Å². The van der Waals surface area contributed by atoms with Crippen molar-refractivity contribution in [2.75, 3.05) is 0 Å². The molecule has 70 valence electrons. The fraction of sp³-hybridized carbons (Fsp3) is 0.700. The molecule has 3 rings (SSSR count). The summed E-state index contributed by atoms with van der Waals surface area (Å²) in [6.07, 6.45) is 4.62. The molecule has 2 aliphatic rings. The van der Waals surface area contributed by atoms with Gasteiger partial charge in [0.15, 0.2) is 0 Å². The van der Waals surface area contributed by atoms with E-state index in [2.05, 4.69) is 16.5 Å². The molecule has 1 aromatic heterocycles. The second-order valence-corrected chi connectivity index (χ2v) is 4.37. The minimum atomic E-state index is -0.0541. The van der Waals surface area contributed by atoms with Crippen molar-refractivity contribution in [2.45, 2.75) is 44.7 Å². The summed E-state index contributed by atoms with van der Waals surface area (Å²) in [4.78, 5) is 4.66. The Hall–Kier alpha value is -0.830. The zero-order valence-corrected chi connectivity index (χ0v) is 8.01. The van der Waals surface area contributed by atoms with Crippen molar-refractivity contribution in [2.24, 2.45) is 5.73 Å². The SMILES string of the molecule is Cc1c(C2(N)CC2)nc2n1CCC2. The van der Waals surface area contributed by atoms with E-state index in [0.29, 0.717) is 0 Å². The molecule has 0 radical (unpaired) electrons. The molecule has 1 fully saturated rings. The van der Waals surface area contributed by atoms with Crippen molar-refractivity contribution >= 4 is 0 Å². The lowest BCUT2D eigenvalue weighted by atomic mass is 10.1. The molecule has 0 atom stereocenters. The van der Waals surface area contributed by atoms with Crippen LogP contribution in [0, 0.1) is 6.92 Å². The lowest BCUT2D eigenvalue weighted by Gasteiger charge is -2.07. The van der Waals surface area contributed by atoms with Crippen LogP contribution in [0.5, 0.6) is 0 Å². The normalized spacial score (nSPS) is 23.2. The second-order valence-electron chi connectivity index (χ2n) is 4.37. The van der Waals surface area contributed by atoms with Crippen molar-refractivity contribution in [3.05, 3.63) is 17.2 Å². The molecule has 0 bridgehead atoms. The van der Waals surface area contributed by atoms with Gasteiger partial charge in [0.05, 0.1) is 11.2 Å². The zero-order valence-electron chi connectivity index (χ0n) is 8.01. The van der Waals surface area contributed by atoms with Crippen LogP contribution < -0.4 is 5.73 Å². The van der Waals surface area contributed by atoms with E-state index in [1.807, 2.05) is 0 Å². The first-order chi connectivity index (χ1) is 6.21. The summed E-state index contributed by atoms with van der Waals surface area (Å²) in [5, 5.41) is 0. The molecule has 3 heteroatoms. The molecular weight excluding hydrogens is 162 g/mol. The van der Waals surface area contributed by atoms with Crippen molar-refractivity contribution in [3.63, 3.8) is 0 Å². The standard InChI is InChI=1S/C10H15N3/c1-7-9(10(11)4-5-10)12-8-3-2-6-13(7)8/h2-6,11H2,1H3. The van der Waals surface area contributed by atoms with Gasteiger partial charge in [0.1, 0.15) is 5.82 Å². The molecule has 2 N–H and O–H groups in total. The number of nitrogens with zero attached hydrogens (tertiary/aromatic N) is 2. The Bertz CT molecular complexity index is 360. The third-order valence-electron chi connectivity index (χ3n) is 3.34. The number of fused-ring (bicyclic) bond motifs is 1. The summed E-state index contributed by atoms with van der Waals surface area (Å²) in [5.74, 6) is 1.25. The van der Waals surface area contributed by atoms with Gasteiger partial charge in [0.2, 0.25) is 0 Å². The van der Waals surface area contributed by atoms with Crippen LogP contribution in [0.3, 0.4) is 0 Å². The lowest BCUT2D eigenvalue weighted by Crippen LogP contribution is -2.20. The highest BCUT2D eigenvalue weighted by Crippen LogP contribution is 2.44. The summed E-state index contributed by atoms with van der Waals surface area (Å²) < 4.78 is 2.34. The maximum Gasteiger partial charge on any atom is 0.109 e. The van der Waals surface area contributed by atoms with E-state index >= 15 is 0 Å². The number of aromatic nitrogens is 2. The van der Waals surface area contributed by atoms with E-state index in [0.717, 1.165) is 25.8 Å². The van der Waals surface area contributed by atoms with Gasteiger partial charge >= 0.3 is 0 Å². The van der Waals surface area contributed by atoms with Gasteiger partial charge in [0.25, 0.3) is 0 Å². The fourth-order valence-corrected chi connectivity index (χ4v) is 2.32. The Balaban J connectivity index is 2.12. The topological polar surface area (TPSA) is 43.8 Å². The molecular formula is C10H15N3. The molecule has 3 nitrogen and oxygen atoms in total. The van der Waals surface area contributed by atoms with Crippen LogP contribution in [0.25, 0.3) is 0 Å². The quantitative estimate of drug-likeness (QED) is 0.697. The Morgan fingerprint density at radius 3 is 2.85 bits per heavy atom. The zero-order chi connectivity index (χ0) is 9.05. The Labute approximate surface area is 78.0 Å². The van der Waals surface area contributed by atoms with Crippen LogP contribution in [0.15, 0.2) is 0 Å². The molecule has 0 saturated heterocycles. The third-order valence-corrected chi connectivity index (χ3v) is 3.34. The Kier molecular flexibility index (Phi) is 1.25. The first-order valence-electron chi connectivity index (χ1n) is 5.06. The van der Waals surface area contributed by atoms with E-state index < -0.39 is 0 Å². The van der Waals surface area contributed by atoms with E-state index in [4.69, 9.17) is 5.73 Å². The highest BCUT2D eigenvalue weighted by molar-refractivity contribution is 5.30. The van der Waals surface area contributed by atoms with Crippen LogP contribution in [0.2, 0.25) is 0 Å². The van der Waals surface area contributed by atoms with Gasteiger partial charge in [-0.2, -0.15) is 0 Å². The molecule has 13 heavy (non-hydrogen) atoms. The van der Waals surface area contributed by atoms with Gasteiger partial charge in [-0.3, -0.25) is 0 Å². The van der Waals surface area contributed by atoms with Crippen LogP contribution >= 0.6 is 0 Å². The number of hydrogen-bond acceptors (Lipinski definition) is 2. The molecule has 0 unspecified atom stereocenters. The molecule has 0 aromatic carbocycles. The van der Waals surface area contributed by atoms with E-state index in [1.165, 1.54) is 23.6 Å². The first kappa shape index (κ1) is 7.56. The predicted molar refractivity (Wildman–Crippen MR) is 50.4 cm³/mol. The average Bonchev–Trinajstić information content (AvgIpc) is 2.62. The number of imidazole rings is 1. The average molecular weight is 177 g/mol. The minimum absolute atomic E-state index is 0.0541. The smallest absolute Gasteiger partial charge is 0.109 e. The van der Waals surface area contributed by atoms with Gasteiger partial charge in [-0.15, -0.1) is 0 Å². The largest absolute Gasteiger partial charge is 0.332 e. The summed E-state index contributed by atoms with van der Waals surface area (Å²) in [5.41, 5.74) is 8.58. The molecule has 0 amide bonds. The molecule has 2 heterocycles. The molecule has 0 spiro atoms. The van der Waals surface area contributed by atoms with Gasteiger partial charge in [-0.1, -0.05) is 0 Å². The Morgan fingerprint density at radius 1 is 1.46 bits per heavy atom. The van der Waals surface area contributed by atoms with Crippen LogP contribution in [0.1, 0.15) is 36.5 Å². The van der Waals surface area contributed by atoms with Gasteiger partial charge < -0.3 is 10.3 Å². The highest BCUT2D eigenvalue weighted by Gasteiger charge is 2.44. The van der Waals surface area contributed by atoms with Crippen LogP contribution in [0.4, 0.5) is 0 Å². The van der Waals surface area contributed by atoms with Gasteiger partial charge in [-0.25, -0.2) is 4.98 Å². The number of nitrogens with two attached hydrogens (primary N) is 1. The van der Waals surface area contributed by atoms with Crippen molar-refractivity contribution in [1.29, 1.82) is 0 Å².